The van der Waals surface area contributed by atoms with Crippen LogP contribution in [0.25, 0.3) is 0 Å². The van der Waals surface area contributed by atoms with E-state index in [0.717, 1.165) is 17.8 Å². The Morgan fingerprint density at radius 2 is 2.13 bits per heavy atom. The third-order valence-electron chi connectivity index (χ3n) is 2.78. The molecule has 0 aliphatic heterocycles. The molecule has 0 fully saturated rings. The molecule has 0 spiro atoms. The fourth-order valence-corrected chi connectivity index (χ4v) is 1.84. The fourth-order valence-electron chi connectivity index (χ4n) is 1.84. The third-order valence-corrected chi connectivity index (χ3v) is 2.78. The highest BCUT2D eigenvalue weighted by Gasteiger charge is 2.10. The van der Waals surface area contributed by atoms with Crippen LogP contribution in [-0.2, 0) is 0 Å². The minimum atomic E-state index is 0.543. The van der Waals surface area contributed by atoms with Gasteiger partial charge in [-0.15, -0.1) is 0 Å². The molecule has 2 heteroatoms. The Bertz CT molecular complexity index is 363. The van der Waals surface area contributed by atoms with Crippen molar-refractivity contribution in [3.05, 3.63) is 29.1 Å². The predicted molar refractivity (Wildman–Crippen MR) is 61.6 cm³/mol. The summed E-state index contributed by atoms with van der Waals surface area (Å²) in [4.78, 5) is 4.51. The second-order valence-corrected chi connectivity index (χ2v) is 3.87. The maximum Gasteiger partial charge on any atom is 0.101 e. The van der Waals surface area contributed by atoms with E-state index in [2.05, 4.69) is 24.9 Å². The van der Waals surface area contributed by atoms with E-state index < -0.39 is 0 Å². The van der Waals surface area contributed by atoms with Crippen molar-refractivity contribution in [3.63, 3.8) is 0 Å². The van der Waals surface area contributed by atoms with Crippen LogP contribution < -0.4 is 0 Å². The average Bonchev–Trinajstić information content (AvgIpc) is 2.25. The lowest BCUT2D eigenvalue weighted by molar-refractivity contribution is 0.580. The molecule has 0 saturated carbocycles. The lowest BCUT2D eigenvalue weighted by atomic mass is 9.96. The Morgan fingerprint density at radius 3 is 2.60 bits per heavy atom. The first-order chi connectivity index (χ1) is 7.22. The highest BCUT2D eigenvalue weighted by Crippen LogP contribution is 2.23. The first kappa shape index (κ1) is 11.7. The molecule has 1 aromatic rings. The Hall–Kier alpha value is -1.36. The van der Waals surface area contributed by atoms with Crippen LogP contribution in [0, 0.1) is 18.3 Å². The lowest BCUT2D eigenvalue weighted by Gasteiger charge is -2.13. The van der Waals surface area contributed by atoms with Gasteiger partial charge in [0.05, 0.1) is 11.3 Å². The van der Waals surface area contributed by atoms with Gasteiger partial charge in [-0.1, -0.05) is 20.3 Å². The lowest BCUT2D eigenvalue weighted by Crippen LogP contribution is -2.02. The van der Waals surface area contributed by atoms with E-state index in [9.17, 15) is 0 Å². The van der Waals surface area contributed by atoms with Crippen molar-refractivity contribution < 1.29 is 0 Å². The van der Waals surface area contributed by atoms with Gasteiger partial charge in [0.25, 0.3) is 0 Å². The summed E-state index contributed by atoms with van der Waals surface area (Å²) in [6.45, 7) is 6.29. The van der Waals surface area contributed by atoms with Crippen molar-refractivity contribution in [2.45, 2.75) is 46.0 Å². The van der Waals surface area contributed by atoms with Crippen molar-refractivity contribution in [1.82, 2.24) is 4.98 Å². The zero-order valence-electron chi connectivity index (χ0n) is 9.75. The third kappa shape index (κ3) is 2.79. The number of nitrogens with zero attached hydrogens (tertiary/aromatic N) is 2. The van der Waals surface area contributed by atoms with Crippen LogP contribution in [0.5, 0.6) is 0 Å². The van der Waals surface area contributed by atoms with E-state index >= 15 is 0 Å². The standard InChI is InChI=1S/C13H18N2/c1-4-6-11(5-2)13-8-7-12(9-14)10(3)15-13/h7-8,11H,4-6H2,1-3H3. The topological polar surface area (TPSA) is 36.7 Å². The molecule has 0 N–H and O–H groups in total. The number of rotatable bonds is 4. The van der Waals surface area contributed by atoms with Crippen LogP contribution in [0.15, 0.2) is 12.1 Å². The largest absolute Gasteiger partial charge is 0.257 e. The maximum absolute atomic E-state index is 8.82. The fraction of sp³-hybridized carbons (Fsp3) is 0.538. The quantitative estimate of drug-likeness (QED) is 0.748. The first-order valence-electron chi connectivity index (χ1n) is 5.60. The second kappa shape index (κ2) is 5.50. The summed E-state index contributed by atoms with van der Waals surface area (Å²) in [5.41, 5.74) is 2.67. The van der Waals surface area contributed by atoms with E-state index in [1.165, 1.54) is 12.8 Å². The Balaban J connectivity index is 2.95. The van der Waals surface area contributed by atoms with Gasteiger partial charge in [-0.05, 0) is 31.9 Å². The zero-order chi connectivity index (χ0) is 11.3. The first-order valence-corrected chi connectivity index (χ1v) is 5.60. The number of aromatic nitrogens is 1. The molecule has 0 amide bonds. The summed E-state index contributed by atoms with van der Waals surface area (Å²) in [6.07, 6.45) is 3.47. The molecule has 1 unspecified atom stereocenters. The Morgan fingerprint density at radius 1 is 1.40 bits per heavy atom. The molecule has 1 heterocycles. The van der Waals surface area contributed by atoms with Crippen molar-refractivity contribution in [1.29, 1.82) is 5.26 Å². The summed E-state index contributed by atoms with van der Waals surface area (Å²) in [6, 6.07) is 6.03. The molecule has 1 atom stereocenters. The van der Waals surface area contributed by atoms with Crippen molar-refractivity contribution in [2.24, 2.45) is 0 Å². The zero-order valence-corrected chi connectivity index (χ0v) is 9.75. The van der Waals surface area contributed by atoms with Gasteiger partial charge in [0.2, 0.25) is 0 Å². The molecular weight excluding hydrogens is 184 g/mol. The summed E-state index contributed by atoms with van der Waals surface area (Å²) in [7, 11) is 0. The van der Waals surface area contributed by atoms with Crippen LogP contribution in [0.1, 0.15) is 56.0 Å². The molecule has 1 aromatic heterocycles. The molecule has 0 radical (unpaired) electrons. The minimum absolute atomic E-state index is 0.543. The van der Waals surface area contributed by atoms with Crippen molar-refractivity contribution >= 4 is 0 Å². The van der Waals surface area contributed by atoms with E-state index in [4.69, 9.17) is 5.26 Å². The van der Waals surface area contributed by atoms with Gasteiger partial charge >= 0.3 is 0 Å². The predicted octanol–water partition coefficient (Wildman–Crippen LogP) is 3.56. The summed E-state index contributed by atoms with van der Waals surface area (Å²) in [5, 5.41) is 8.82. The minimum Gasteiger partial charge on any atom is -0.257 e. The van der Waals surface area contributed by atoms with Gasteiger partial charge in [0.15, 0.2) is 0 Å². The molecular formula is C13H18N2. The number of nitriles is 1. The molecule has 0 aliphatic rings. The van der Waals surface area contributed by atoms with E-state index in [0.29, 0.717) is 11.5 Å². The molecule has 0 saturated heterocycles. The summed E-state index contributed by atoms with van der Waals surface area (Å²) >= 11 is 0. The normalized spacial score (nSPS) is 12.1. The Kier molecular flexibility index (Phi) is 4.30. The van der Waals surface area contributed by atoms with E-state index in [1.807, 2.05) is 19.1 Å². The second-order valence-electron chi connectivity index (χ2n) is 3.87. The van der Waals surface area contributed by atoms with Gasteiger partial charge in [-0.2, -0.15) is 5.26 Å². The van der Waals surface area contributed by atoms with Crippen LogP contribution in [0.2, 0.25) is 0 Å². The van der Waals surface area contributed by atoms with Gasteiger partial charge < -0.3 is 0 Å². The molecule has 1 rings (SSSR count). The van der Waals surface area contributed by atoms with Crippen LogP contribution in [0.3, 0.4) is 0 Å². The SMILES string of the molecule is CCCC(CC)c1ccc(C#N)c(C)n1. The summed E-state index contributed by atoms with van der Waals surface area (Å²) in [5.74, 6) is 0.543. The number of aryl methyl sites for hydroxylation is 1. The van der Waals surface area contributed by atoms with E-state index in [1.54, 1.807) is 0 Å². The molecule has 2 nitrogen and oxygen atoms in total. The molecule has 0 bridgehead atoms. The van der Waals surface area contributed by atoms with E-state index in [-0.39, 0.29) is 0 Å². The van der Waals surface area contributed by atoms with Gasteiger partial charge in [-0.3, -0.25) is 4.98 Å². The average molecular weight is 202 g/mol. The Labute approximate surface area is 92.0 Å². The molecule has 0 aliphatic carbocycles. The maximum atomic E-state index is 8.82. The van der Waals surface area contributed by atoms with Gasteiger partial charge in [0.1, 0.15) is 6.07 Å². The van der Waals surface area contributed by atoms with Gasteiger partial charge in [-0.25, -0.2) is 0 Å². The smallest absolute Gasteiger partial charge is 0.101 e. The van der Waals surface area contributed by atoms with Crippen LogP contribution in [-0.4, -0.2) is 4.98 Å². The number of hydrogen-bond donors (Lipinski definition) is 0. The molecule has 80 valence electrons. The number of pyridine rings is 1. The van der Waals surface area contributed by atoms with Crippen molar-refractivity contribution in [3.8, 4) is 6.07 Å². The molecule has 15 heavy (non-hydrogen) atoms. The number of hydrogen-bond acceptors (Lipinski definition) is 2. The van der Waals surface area contributed by atoms with Gasteiger partial charge in [0, 0.05) is 11.6 Å². The summed E-state index contributed by atoms with van der Waals surface area (Å²) < 4.78 is 0. The highest BCUT2D eigenvalue weighted by atomic mass is 14.7. The van der Waals surface area contributed by atoms with Crippen LogP contribution >= 0.6 is 0 Å². The monoisotopic (exact) mass is 202 g/mol. The van der Waals surface area contributed by atoms with Crippen LogP contribution in [0.4, 0.5) is 0 Å². The van der Waals surface area contributed by atoms with Crippen molar-refractivity contribution in [2.75, 3.05) is 0 Å². The molecule has 0 aromatic carbocycles. The highest BCUT2D eigenvalue weighted by molar-refractivity contribution is 5.34.